The lowest BCUT2D eigenvalue weighted by Crippen LogP contribution is -2.40. The fourth-order valence-corrected chi connectivity index (χ4v) is 5.42. The summed E-state index contributed by atoms with van der Waals surface area (Å²) in [6.45, 7) is 3.10. The number of amides is 2. The second-order valence-electron chi connectivity index (χ2n) is 8.65. The molecule has 0 radical (unpaired) electrons. The number of halogens is 1. The number of ether oxygens (including phenoxy) is 1. The predicted octanol–water partition coefficient (Wildman–Crippen LogP) is 3.83. The first-order valence-corrected chi connectivity index (χ1v) is 12.4. The summed E-state index contributed by atoms with van der Waals surface area (Å²) in [4.78, 5) is 55.3. The first kappa shape index (κ1) is 26.2. The third-order valence-corrected chi connectivity index (χ3v) is 7.44. The molecule has 0 saturated heterocycles. The second kappa shape index (κ2) is 10.2. The molecule has 37 heavy (non-hydrogen) atoms. The maximum absolute atomic E-state index is 13.7. The first-order chi connectivity index (χ1) is 17.5. The molecule has 2 aromatic heterocycles. The first-order valence-electron chi connectivity index (χ1n) is 11.2. The molecule has 1 N–H and O–H groups in total. The molecule has 9 nitrogen and oxygen atoms in total. The van der Waals surface area contributed by atoms with Crippen molar-refractivity contribution < 1.29 is 14.3 Å². The molecule has 0 aliphatic rings. The second-order valence-corrected chi connectivity index (χ2v) is 10.1. The summed E-state index contributed by atoms with van der Waals surface area (Å²) in [5.74, 6) is -0.338. The van der Waals surface area contributed by atoms with E-state index in [0.29, 0.717) is 26.9 Å². The van der Waals surface area contributed by atoms with Crippen molar-refractivity contribution in [2.75, 3.05) is 26.5 Å². The Labute approximate surface area is 221 Å². The zero-order chi connectivity index (χ0) is 27.0. The highest BCUT2D eigenvalue weighted by molar-refractivity contribution is 7.20. The normalized spacial score (nSPS) is 11.0. The van der Waals surface area contributed by atoms with E-state index in [9.17, 15) is 19.2 Å². The largest absolute Gasteiger partial charge is 0.497 e. The van der Waals surface area contributed by atoms with Gasteiger partial charge >= 0.3 is 5.69 Å². The van der Waals surface area contributed by atoms with Crippen molar-refractivity contribution in [2.24, 2.45) is 0 Å². The number of nitrogens with zero attached hydrogens (tertiary/aromatic N) is 3. The number of hydrogen-bond donors (Lipinski definition) is 1. The lowest BCUT2D eigenvalue weighted by molar-refractivity contribution is -0.116. The Morgan fingerprint density at radius 2 is 1.84 bits per heavy atom. The monoisotopic (exact) mass is 540 g/mol. The van der Waals surface area contributed by atoms with Crippen LogP contribution in [0.15, 0.2) is 52.1 Å². The number of anilines is 1. The highest BCUT2D eigenvalue weighted by Gasteiger charge is 2.25. The van der Waals surface area contributed by atoms with E-state index in [4.69, 9.17) is 16.3 Å². The van der Waals surface area contributed by atoms with Crippen molar-refractivity contribution in [1.29, 1.82) is 0 Å². The maximum atomic E-state index is 13.7. The van der Waals surface area contributed by atoms with Crippen LogP contribution in [0.25, 0.3) is 15.9 Å². The number of hydrogen-bond acceptors (Lipinski definition) is 6. The Morgan fingerprint density at radius 3 is 2.51 bits per heavy atom. The van der Waals surface area contributed by atoms with Crippen LogP contribution in [0.2, 0.25) is 5.02 Å². The van der Waals surface area contributed by atoms with Crippen molar-refractivity contribution in [3.05, 3.63) is 84.3 Å². The van der Waals surface area contributed by atoms with Gasteiger partial charge in [0.1, 0.15) is 17.1 Å². The van der Waals surface area contributed by atoms with Crippen LogP contribution in [-0.4, -0.2) is 47.1 Å². The molecule has 192 valence electrons. The van der Waals surface area contributed by atoms with Gasteiger partial charge in [0.05, 0.1) is 23.1 Å². The Bertz CT molecular complexity index is 1670. The van der Waals surface area contributed by atoms with Crippen LogP contribution >= 0.6 is 22.9 Å². The summed E-state index contributed by atoms with van der Waals surface area (Å²) < 4.78 is 7.47. The van der Waals surface area contributed by atoms with E-state index in [1.165, 1.54) is 16.6 Å². The van der Waals surface area contributed by atoms with Gasteiger partial charge in [-0.1, -0.05) is 23.7 Å². The van der Waals surface area contributed by atoms with Crippen LogP contribution in [-0.2, 0) is 11.3 Å². The van der Waals surface area contributed by atoms with E-state index < -0.39 is 17.2 Å². The van der Waals surface area contributed by atoms with E-state index in [0.717, 1.165) is 21.5 Å². The third-order valence-electron chi connectivity index (χ3n) is 5.90. The number of thiophene rings is 1. The molecular weight excluding hydrogens is 516 g/mol. The number of rotatable bonds is 6. The van der Waals surface area contributed by atoms with E-state index in [1.54, 1.807) is 63.5 Å². The average Bonchev–Trinajstić information content (AvgIpc) is 3.20. The molecule has 0 aliphatic heterocycles. The lowest BCUT2D eigenvalue weighted by atomic mass is 10.2. The lowest BCUT2D eigenvalue weighted by Gasteiger charge is -2.14. The quantitative estimate of drug-likeness (QED) is 0.400. The summed E-state index contributed by atoms with van der Waals surface area (Å²) in [6.07, 6.45) is 0. The van der Waals surface area contributed by atoms with Gasteiger partial charge in [-0.2, -0.15) is 0 Å². The van der Waals surface area contributed by atoms with Crippen LogP contribution in [0.3, 0.4) is 0 Å². The van der Waals surface area contributed by atoms with Crippen molar-refractivity contribution >= 4 is 50.7 Å². The van der Waals surface area contributed by atoms with Gasteiger partial charge in [0, 0.05) is 30.9 Å². The standard InChI is InChI=1S/C26H25ClN4O5S/c1-14-9-10-16(27)11-19(14)28-20(32)13-30-25-21(15(2)22(37-25)24(34)29(3)4)23(33)31(26(30)35)17-7-6-8-18(12-17)36-5/h6-12H,13H2,1-5H3,(H,28,32). The van der Waals surface area contributed by atoms with Crippen LogP contribution < -0.4 is 21.3 Å². The van der Waals surface area contributed by atoms with Gasteiger partial charge in [0.15, 0.2) is 0 Å². The van der Waals surface area contributed by atoms with Crippen molar-refractivity contribution in [1.82, 2.24) is 14.0 Å². The van der Waals surface area contributed by atoms with Gasteiger partial charge in [-0.05, 0) is 49.2 Å². The highest BCUT2D eigenvalue weighted by Crippen LogP contribution is 2.29. The van der Waals surface area contributed by atoms with E-state index >= 15 is 0 Å². The van der Waals surface area contributed by atoms with Crippen molar-refractivity contribution in [3.8, 4) is 11.4 Å². The number of fused-ring (bicyclic) bond motifs is 1. The van der Waals surface area contributed by atoms with E-state index in [-0.39, 0.29) is 28.4 Å². The Balaban J connectivity index is 1.94. The molecular formula is C26H25ClN4O5S. The molecule has 11 heteroatoms. The molecule has 0 unspecified atom stereocenters. The minimum atomic E-state index is -0.714. The van der Waals surface area contributed by atoms with Gasteiger partial charge in [-0.25, -0.2) is 9.36 Å². The molecule has 2 aromatic carbocycles. The maximum Gasteiger partial charge on any atom is 0.337 e. The Morgan fingerprint density at radius 1 is 1.11 bits per heavy atom. The SMILES string of the molecule is COc1cccc(-n2c(=O)c3c(C)c(C(=O)N(C)C)sc3n(CC(=O)Nc3cc(Cl)ccc3C)c2=O)c1. The molecule has 0 aliphatic carbocycles. The number of aryl methyl sites for hydroxylation is 2. The van der Waals surface area contributed by atoms with Crippen LogP contribution in [0, 0.1) is 13.8 Å². The molecule has 0 saturated carbocycles. The van der Waals surface area contributed by atoms with Gasteiger partial charge < -0.3 is 15.0 Å². The number of aromatic nitrogens is 2. The predicted molar refractivity (Wildman–Crippen MR) is 146 cm³/mol. The van der Waals surface area contributed by atoms with E-state index in [1.807, 2.05) is 6.92 Å². The van der Waals surface area contributed by atoms with Gasteiger partial charge in [0.2, 0.25) is 5.91 Å². The fraction of sp³-hybridized carbons (Fsp3) is 0.231. The van der Waals surface area contributed by atoms with Crippen LogP contribution in [0.5, 0.6) is 5.75 Å². The summed E-state index contributed by atoms with van der Waals surface area (Å²) in [5.41, 5.74) is 0.731. The van der Waals surface area contributed by atoms with Crippen molar-refractivity contribution in [3.63, 3.8) is 0 Å². The molecule has 2 heterocycles. The number of carbonyl (C=O) groups excluding carboxylic acids is 2. The van der Waals surface area contributed by atoms with Gasteiger partial charge in [-0.3, -0.25) is 19.0 Å². The minimum Gasteiger partial charge on any atom is -0.497 e. The average molecular weight is 541 g/mol. The number of methoxy groups -OCH3 is 1. The summed E-state index contributed by atoms with van der Waals surface area (Å²) in [7, 11) is 4.69. The van der Waals surface area contributed by atoms with Crippen molar-refractivity contribution in [2.45, 2.75) is 20.4 Å². The zero-order valence-corrected chi connectivity index (χ0v) is 22.5. The fourth-order valence-electron chi connectivity index (χ4n) is 3.93. The molecule has 0 spiro atoms. The number of carbonyl (C=O) groups is 2. The van der Waals surface area contributed by atoms with E-state index in [2.05, 4.69) is 5.32 Å². The summed E-state index contributed by atoms with van der Waals surface area (Å²) >= 11 is 7.09. The Kier molecular flexibility index (Phi) is 7.24. The number of benzene rings is 2. The topological polar surface area (TPSA) is 103 Å². The molecule has 4 aromatic rings. The summed E-state index contributed by atoms with van der Waals surface area (Å²) in [6, 6.07) is 11.6. The smallest absolute Gasteiger partial charge is 0.337 e. The van der Waals surface area contributed by atoms with Gasteiger partial charge in [-0.15, -0.1) is 11.3 Å². The summed E-state index contributed by atoms with van der Waals surface area (Å²) in [5, 5.41) is 3.44. The minimum absolute atomic E-state index is 0.198. The number of nitrogens with one attached hydrogen (secondary N) is 1. The third kappa shape index (κ3) is 4.90. The molecule has 2 amide bonds. The molecule has 0 bridgehead atoms. The molecule has 0 atom stereocenters. The van der Waals surface area contributed by atoms with Crippen LogP contribution in [0.1, 0.15) is 20.8 Å². The highest BCUT2D eigenvalue weighted by atomic mass is 35.5. The van der Waals surface area contributed by atoms with Gasteiger partial charge in [0.25, 0.3) is 11.5 Å². The zero-order valence-electron chi connectivity index (χ0n) is 20.9. The Hall–Kier alpha value is -3.89. The molecule has 0 fully saturated rings. The molecule has 4 rings (SSSR count). The van der Waals surface area contributed by atoms with Crippen LogP contribution in [0.4, 0.5) is 5.69 Å².